The van der Waals surface area contributed by atoms with Gasteiger partial charge in [-0.3, -0.25) is 0 Å². The fraction of sp³-hybridized carbons (Fsp3) is 0.500. The smallest absolute Gasteiger partial charge is 0.122 e. The zero-order valence-electron chi connectivity index (χ0n) is 13.3. The Balaban J connectivity index is 1.73. The van der Waals surface area contributed by atoms with E-state index in [4.69, 9.17) is 0 Å². The van der Waals surface area contributed by atoms with E-state index < -0.39 is 0 Å². The number of benzene rings is 1. The number of rotatable bonds is 1. The second-order valence-corrected chi connectivity index (χ2v) is 7.34. The Hall–Kier alpha value is -1.90. The topological polar surface area (TPSA) is 60.7 Å². The van der Waals surface area contributed by atoms with Crippen LogP contribution in [-0.4, -0.2) is 15.3 Å². The van der Waals surface area contributed by atoms with Crippen molar-refractivity contribution in [1.82, 2.24) is 0 Å². The quantitative estimate of drug-likeness (QED) is 0.712. The predicted octanol–water partition coefficient (Wildman–Crippen LogP) is 4.56. The van der Waals surface area contributed by atoms with Crippen LogP contribution < -0.4 is 0 Å². The highest BCUT2D eigenvalue weighted by molar-refractivity contribution is 5.49. The molecule has 4 atom stereocenters. The normalized spacial score (nSPS) is 32.8. The Kier molecular flexibility index (Phi) is 3.59. The average Bonchev–Trinajstić information content (AvgIpc) is 2.55. The van der Waals surface area contributed by atoms with Gasteiger partial charge in [0.15, 0.2) is 0 Å². The highest BCUT2D eigenvalue weighted by Gasteiger charge is 2.41. The SMILES string of the molecule is OC1=CCC([C@@H]2Cc3c(O)cc(O)cc3[C@@H]3CCCC[C@@H]32)C=C1. The molecule has 0 spiro atoms. The largest absolute Gasteiger partial charge is 0.508 e. The zero-order chi connectivity index (χ0) is 16.0. The Morgan fingerprint density at radius 1 is 0.957 bits per heavy atom. The molecule has 23 heavy (non-hydrogen) atoms. The van der Waals surface area contributed by atoms with E-state index in [1.807, 2.05) is 18.2 Å². The summed E-state index contributed by atoms with van der Waals surface area (Å²) in [6, 6.07) is 3.35. The lowest BCUT2D eigenvalue weighted by molar-refractivity contribution is 0.154. The van der Waals surface area contributed by atoms with E-state index in [-0.39, 0.29) is 11.5 Å². The van der Waals surface area contributed by atoms with Gasteiger partial charge < -0.3 is 15.3 Å². The van der Waals surface area contributed by atoms with E-state index in [1.165, 1.54) is 30.9 Å². The monoisotopic (exact) mass is 312 g/mol. The maximum Gasteiger partial charge on any atom is 0.122 e. The highest BCUT2D eigenvalue weighted by atomic mass is 16.3. The van der Waals surface area contributed by atoms with Crippen molar-refractivity contribution >= 4 is 0 Å². The molecule has 1 saturated carbocycles. The second-order valence-electron chi connectivity index (χ2n) is 7.34. The average molecular weight is 312 g/mol. The Morgan fingerprint density at radius 3 is 2.57 bits per heavy atom. The van der Waals surface area contributed by atoms with E-state index in [9.17, 15) is 15.3 Å². The maximum atomic E-state index is 10.4. The van der Waals surface area contributed by atoms with Crippen molar-refractivity contribution in [2.24, 2.45) is 17.8 Å². The number of allylic oxidation sites excluding steroid dienone is 3. The van der Waals surface area contributed by atoms with Gasteiger partial charge in [-0.05, 0) is 78.7 Å². The van der Waals surface area contributed by atoms with Gasteiger partial charge in [0.1, 0.15) is 17.3 Å². The van der Waals surface area contributed by atoms with Crippen LogP contribution in [0, 0.1) is 17.8 Å². The van der Waals surface area contributed by atoms with Gasteiger partial charge in [-0.1, -0.05) is 18.9 Å². The minimum Gasteiger partial charge on any atom is -0.508 e. The highest BCUT2D eigenvalue weighted by Crippen LogP contribution is 2.53. The van der Waals surface area contributed by atoms with Crippen molar-refractivity contribution in [2.45, 2.75) is 44.4 Å². The Bertz CT molecular complexity index is 674. The number of fused-ring (bicyclic) bond motifs is 3. The summed E-state index contributed by atoms with van der Waals surface area (Å²) in [6.07, 6.45) is 12.5. The van der Waals surface area contributed by atoms with Crippen LogP contribution >= 0.6 is 0 Å². The summed E-state index contributed by atoms with van der Waals surface area (Å²) in [4.78, 5) is 0. The standard InChI is InChI=1S/C20H24O3/c21-13-7-5-12(6-8-13)17-11-19-18(9-14(22)10-20(19)23)16-4-2-1-3-15(16)17/h5,7-10,12,15-17,21-23H,1-4,6,11H2/t12?,15-,16+,17-/m0/s1. The molecule has 4 rings (SSSR count). The van der Waals surface area contributed by atoms with Crippen LogP contribution in [0.5, 0.6) is 11.5 Å². The fourth-order valence-corrected chi connectivity index (χ4v) is 5.07. The lowest BCUT2D eigenvalue weighted by Crippen LogP contribution is -2.36. The summed E-state index contributed by atoms with van der Waals surface area (Å²) in [5, 5.41) is 29.8. The first kappa shape index (κ1) is 14.7. The molecule has 1 unspecified atom stereocenters. The number of hydrogen-bond acceptors (Lipinski definition) is 3. The molecule has 0 bridgehead atoms. The van der Waals surface area contributed by atoms with Gasteiger partial charge in [0, 0.05) is 6.07 Å². The van der Waals surface area contributed by atoms with Gasteiger partial charge >= 0.3 is 0 Å². The first-order valence-electron chi connectivity index (χ1n) is 8.75. The molecular formula is C20H24O3. The minimum atomic E-state index is 0.175. The number of phenolic OH excluding ortho intramolecular Hbond substituents is 2. The van der Waals surface area contributed by atoms with E-state index in [0.29, 0.717) is 29.4 Å². The van der Waals surface area contributed by atoms with Crippen molar-refractivity contribution < 1.29 is 15.3 Å². The van der Waals surface area contributed by atoms with Gasteiger partial charge in [-0.2, -0.15) is 0 Å². The number of aliphatic hydroxyl groups is 1. The lowest BCUT2D eigenvalue weighted by atomic mass is 9.59. The summed E-state index contributed by atoms with van der Waals surface area (Å²) in [5.41, 5.74) is 2.20. The van der Waals surface area contributed by atoms with Crippen molar-refractivity contribution in [3.05, 3.63) is 47.2 Å². The lowest BCUT2D eigenvalue weighted by Gasteiger charge is -2.45. The van der Waals surface area contributed by atoms with Gasteiger partial charge in [0.25, 0.3) is 0 Å². The molecule has 3 N–H and O–H groups in total. The third-order valence-corrected chi connectivity index (χ3v) is 6.12. The van der Waals surface area contributed by atoms with Gasteiger partial charge in [-0.25, -0.2) is 0 Å². The van der Waals surface area contributed by atoms with Crippen LogP contribution in [0.3, 0.4) is 0 Å². The molecule has 0 saturated heterocycles. The molecule has 1 aromatic carbocycles. The molecule has 0 aromatic heterocycles. The van der Waals surface area contributed by atoms with E-state index >= 15 is 0 Å². The van der Waals surface area contributed by atoms with Crippen LogP contribution in [0.4, 0.5) is 0 Å². The van der Waals surface area contributed by atoms with E-state index in [2.05, 4.69) is 6.08 Å². The summed E-state index contributed by atoms with van der Waals surface area (Å²) < 4.78 is 0. The van der Waals surface area contributed by atoms with Crippen LogP contribution in [0.15, 0.2) is 36.1 Å². The Labute approximate surface area is 137 Å². The van der Waals surface area contributed by atoms with Crippen molar-refractivity contribution in [3.63, 3.8) is 0 Å². The molecule has 3 heteroatoms. The Morgan fingerprint density at radius 2 is 1.78 bits per heavy atom. The number of hydrogen-bond donors (Lipinski definition) is 3. The van der Waals surface area contributed by atoms with Gasteiger partial charge in [0.2, 0.25) is 0 Å². The first-order valence-corrected chi connectivity index (χ1v) is 8.75. The summed E-state index contributed by atoms with van der Waals surface area (Å²) in [5.74, 6) is 2.78. The fourth-order valence-electron chi connectivity index (χ4n) is 5.07. The molecule has 1 aromatic rings. The summed E-state index contributed by atoms with van der Waals surface area (Å²) >= 11 is 0. The van der Waals surface area contributed by atoms with Crippen LogP contribution in [-0.2, 0) is 6.42 Å². The molecule has 0 radical (unpaired) electrons. The molecule has 122 valence electrons. The third kappa shape index (κ3) is 2.52. The number of aliphatic hydroxyl groups excluding tert-OH is 1. The van der Waals surface area contributed by atoms with Gasteiger partial charge in [-0.15, -0.1) is 0 Å². The third-order valence-electron chi connectivity index (χ3n) is 6.12. The second kappa shape index (κ2) is 5.63. The van der Waals surface area contributed by atoms with Crippen LogP contribution in [0.25, 0.3) is 0 Å². The maximum absolute atomic E-state index is 10.4. The van der Waals surface area contributed by atoms with Crippen molar-refractivity contribution in [1.29, 1.82) is 0 Å². The molecular weight excluding hydrogens is 288 g/mol. The number of aromatic hydroxyl groups is 2. The zero-order valence-corrected chi connectivity index (χ0v) is 13.3. The van der Waals surface area contributed by atoms with Crippen LogP contribution in [0.2, 0.25) is 0 Å². The molecule has 1 fully saturated rings. The van der Waals surface area contributed by atoms with Crippen molar-refractivity contribution in [2.75, 3.05) is 0 Å². The van der Waals surface area contributed by atoms with E-state index in [0.717, 1.165) is 24.8 Å². The molecule has 3 nitrogen and oxygen atoms in total. The minimum absolute atomic E-state index is 0.175. The molecule has 3 aliphatic carbocycles. The summed E-state index contributed by atoms with van der Waals surface area (Å²) in [6.45, 7) is 0. The molecule has 0 heterocycles. The first-order chi connectivity index (χ1) is 11.1. The van der Waals surface area contributed by atoms with Gasteiger partial charge in [0.05, 0.1) is 0 Å². The predicted molar refractivity (Wildman–Crippen MR) is 89.6 cm³/mol. The molecule has 0 aliphatic heterocycles. The summed E-state index contributed by atoms with van der Waals surface area (Å²) in [7, 11) is 0. The molecule has 0 amide bonds. The van der Waals surface area contributed by atoms with Crippen LogP contribution in [0.1, 0.15) is 49.1 Å². The number of phenols is 2. The van der Waals surface area contributed by atoms with Crippen molar-refractivity contribution in [3.8, 4) is 11.5 Å². The molecule has 3 aliphatic rings. The van der Waals surface area contributed by atoms with E-state index in [1.54, 1.807) is 0 Å².